The van der Waals surface area contributed by atoms with Crippen LogP contribution in [0.1, 0.15) is 12.5 Å². The lowest BCUT2D eigenvalue weighted by Gasteiger charge is -2.06. The monoisotopic (exact) mass is 286 g/mol. The fourth-order valence-corrected chi connectivity index (χ4v) is 1.52. The van der Waals surface area contributed by atoms with Crippen molar-refractivity contribution in [3.05, 3.63) is 35.9 Å². The number of carbonyl (C=O) groups is 1. The molecule has 1 aromatic rings. The van der Waals surface area contributed by atoms with Crippen LogP contribution in [0, 0.1) is 0 Å². The second-order valence-electron chi connectivity index (χ2n) is 3.99. The molecule has 0 aliphatic rings. The third kappa shape index (κ3) is 9.47. The van der Waals surface area contributed by atoms with Crippen LogP contribution in [0.4, 0.5) is 0 Å². The topological polar surface area (TPSA) is 50.4 Å². The van der Waals surface area contributed by atoms with E-state index in [0.717, 1.165) is 19.5 Å². The van der Waals surface area contributed by atoms with Gasteiger partial charge in [0.1, 0.15) is 6.61 Å². The van der Waals surface area contributed by atoms with Crippen molar-refractivity contribution >= 4 is 18.3 Å². The van der Waals surface area contributed by atoms with E-state index >= 15 is 0 Å². The molecular formula is C14H23ClN2O2. The molecule has 1 rings (SSSR count). The van der Waals surface area contributed by atoms with Crippen molar-refractivity contribution < 1.29 is 9.53 Å². The predicted octanol–water partition coefficient (Wildman–Crippen LogP) is 1.39. The average molecular weight is 287 g/mol. The molecule has 4 nitrogen and oxygen atoms in total. The average Bonchev–Trinajstić information content (AvgIpc) is 2.41. The Hall–Kier alpha value is -1.10. The summed E-state index contributed by atoms with van der Waals surface area (Å²) < 4.78 is 5.32. The Balaban J connectivity index is 0.00000324. The molecule has 0 aromatic heterocycles. The summed E-state index contributed by atoms with van der Waals surface area (Å²) in [5, 5.41) is 5.93. The highest BCUT2D eigenvalue weighted by molar-refractivity contribution is 5.85. The van der Waals surface area contributed by atoms with Crippen molar-refractivity contribution in [2.75, 3.05) is 32.8 Å². The van der Waals surface area contributed by atoms with Gasteiger partial charge in [-0.25, -0.2) is 0 Å². The molecule has 0 saturated carbocycles. The van der Waals surface area contributed by atoms with Crippen molar-refractivity contribution in [3.63, 3.8) is 0 Å². The van der Waals surface area contributed by atoms with Crippen LogP contribution in [0.15, 0.2) is 30.3 Å². The van der Waals surface area contributed by atoms with E-state index < -0.39 is 0 Å². The zero-order valence-electron chi connectivity index (χ0n) is 11.4. The minimum Gasteiger partial charge on any atom is -0.371 e. The standard InChI is InChI=1S/C14H22N2O2.ClH/c1-2-15-9-10-16-14(17)12-18-11-8-13-6-4-3-5-7-13;/h3-7,15H,2,8-12H2,1H3,(H,16,17);1H. The third-order valence-electron chi connectivity index (χ3n) is 2.49. The highest BCUT2D eigenvalue weighted by atomic mass is 35.5. The van der Waals surface area contributed by atoms with Gasteiger partial charge in [-0.2, -0.15) is 0 Å². The first kappa shape index (κ1) is 17.9. The molecule has 1 amide bonds. The van der Waals surface area contributed by atoms with Gasteiger partial charge in [-0.05, 0) is 18.5 Å². The highest BCUT2D eigenvalue weighted by Crippen LogP contribution is 1.99. The highest BCUT2D eigenvalue weighted by Gasteiger charge is 2.00. The molecule has 0 heterocycles. The number of ether oxygens (including phenoxy) is 1. The van der Waals surface area contributed by atoms with Gasteiger partial charge in [0, 0.05) is 13.1 Å². The van der Waals surface area contributed by atoms with Crippen LogP contribution in [-0.2, 0) is 16.0 Å². The SMILES string of the molecule is CCNCCNC(=O)COCCc1ccccc1.Cl. The first-order valence-electron chi connectivity index (χ1n) is 6.42. The molecule has 0 aliphatic carbocycles. The normalized spacial score (nSPS) is 9.74. The first-order valence-corrected chi connectivity index (χ1v) is 6.42. The molecule has 0 atom stereocenters. The number of nitrogens with one attached hydrogen (secondary N) is 2. The Labute approximate surface area is 121 Å². The Kier molecular flexibility index (Phi) is 11.3. The van der Waals surface area contributed by atoms with Gasteiger partial charge >= 0.3 is 0 Å². The van der Waals surface area contributed by atoms with E-state index in [-0.39, 0.29) is 24.9 Å². The van der Waals surface area contributed by atoms with E-state index in [1.165, 1.54) is 5.56 Å². The van der Waals surface area contributed by atoms with E-state index in [4.69, 9.17) is 4.74 Å². The maximum Gasteiger partial charge on any atom is 0.246 e. The van der Waals surface area contributed by atoms with Crippen LogP contribution in [0.2, 0.25) is 0 Å². The van der Waals surface area contributed by atoms with E-state index in [1.807, 2.05) is 25.1 Å². The lowest BCUT2D eigenvalue weighted by atomic mass is 10.2. The van der Waals surface area contributed by atoms with E-state index in [0.29, 0.717) is 13.2 Å². The largest absolute Gasteiger partial charge is 0.371 e. The summed E-state index contributed by atoms with van der Waals surface area (Å²) in [7, 11) is 0. The molecule has 19 heavy (non-hydrogen) atoms. The Morgan fingerprint density at radius 3 is 2.63 bits per heavy atom. The summed E-state index contributed by atoms with van der Waals surface area (Å²) in [6, 6.07) is 10.1. The molecule has 0 spiro atoms. The second-order valence-corrected chi connectivity index (χ2v) is 3.99. The molecule has 0 unspecified atom stereocenters. The van der Waals surface area contributed by atoms with Gasteiger partial charge in [-0.3, -0.25) is 4.79 Å². The molecule has 0 aliphatic heterocycles. The number of amides is 1. The molecule has 1 aromatic carbocycles. The van der Waals surface area contributed by atoms with Gasteiger partial charge in [-0.1, -0.05) is 37.3 Å². The van der Waals surface area contributed by atoms with Gasteiger partial charge in [-0.15, -0.1) is 12.4 Å². The van der Waals surface area contributed by atoms with E-state index in [1.54, 1.807) is 0 Å². The summed E-state index contributed by atoms with van der Waals surface area (Å²) in [5.74, 6) is -0.0547. The smallest absolute Gasteiger partial charge is 0.246 e. The molecule has 0 radical (unpaired) electrons. The lowest BCUT2D eigenvalue weighted by Crippen LogP contribution is -2.34. The molecule has 2 N–H and O–H groups in total. The minimum absolute atomic E-state index is 0. The van der Waals surface area contributed by atoms with Gasteiger partial charge in [0.15, 0.2) is 0 Å². The molecular weight excluding hydrogens is 264 g/mol. The van der Waals surface area contributed by atoms with Crippen LogP contribution in [-0.4, -0.2) is 38.8 Å². The predicted molar refractivity (Wildman–Crippen MR) is 79.8 cm³/mol. The quantitative estimate of drug-likeness (QED) is 0.675. The molecule has 0 saturated heterocycles. The third-order valence-corrected chi connectivity index (χ3v) is 2.49. The summed E-state index contributed by atoms with van der Waals surface area (Å²) >= 11 is 0. The van der Waals surface area contributed by atoms with Gasteiger partial charge in [0.2, 0.25) is 5.91 Å². The molecule has 108 valence electrons. The number of benzene rings is 1. The lowest BCUT2D eigenvalue weighted by molar-refractivity contribution is -0.125. The maximum absolute atomic E-state index is 11.4. The minimum atomic E-state index is -0.0547. The zero-order valence-corrected chi connectivity index (χ0v) is 12.2. The number of hydrogen-bond donors (Lipinski definition) is 2. The summed E-state index contributed by atoms with van der Waals surface area (Å²) in [6.07, 6.45) is 0.839. The van der Waals surface area contributed by atoms with Gasteiger partial charge < -0.3 is 15.4 Å². The van der Waals surface area contributed by atoms with Crippen LogP contribution < -0.4 is 10.6 Å². The Bertz CT molecular complexity index is 333. The first-order chi connectivity index (χ1) is 8.83. The zero-order chi connectivity index (χ0) is 13.1. The number of halogens is 1. The molecule has 0 bridgehead atoms. The number of carbonyl (C=O) groups excluding carboxylic acids is 1. The molecule has 0 fully saturated rings. The van der Waals surface area contributed by atoms with Crippen molar-refractivity contribution in [2.45, 2.75) is 13.3 Å². The summed E-state index contributed by atoms with van der Waals surface area (Å²) in [5.41, 5.74) is 1.23. The van der Waals surface area contributed by atoms with Crippen LogP contribution in [0.25, 0.3) is 0 Å². The maximum atomic E-state index is 11.4. The summed E-state index contributed by atoms with van der Waals surface area (Å²) in [6.45, 7) is 5.11. The van der Waals surface area contributed by atoms with E-state index in [2.05, 4.69) is 22.8 Å². The fraction of sp³-hybridized carbons (Fsp3) is 0.500. The number of likely N-dealkylation sites (N-methyl/N-ethyl adjacent to an activating group) is 1. The van der Waals surface area contributed by atoms with Crippen molar-refractivity contribution in [1.29, 1.82) is 0 Å². The van der Waals surface area contributed by atoms with Crippen molar-refractivity contribution in [1.82, 2.24) is 10.6 Å². The number of hydrogen-bond acceptors (Lipinski definition) is 3. The second kappa shape index (κ2) is 12.0. The number of rotatable bonds is 9. The summed E-state index contributed by atoms with van der Waals surface area (Å²) in [4.78, 5) is 11.4. The van der Waals surface area contributed by atoms with E-state index in [9.17, 15) is 4.79 Å². The Morgan fingerprint density at radius 2 is 1.95 bits per heavy atom. The van der Waals surface area contributed by atoms with Crippen molar-refractivity contribution in [2.24, 2.45) is 0 Å². The van der Waals surface area contributed by atoms with Crippen LogP contribution >= 0.6 is 12.4 Å². The van der Waals surface area contributed by atoms with Crippen LogP contribution in [0.3, 0.4) is 0 Å². The Morgan fingerprint density at radius 1 is 1.21 bits per heavy atom. The van der Waals surface area contributed by atoms with Crippen LogP contribution in [0.5, 0.6) is 0 Å². The van der Waals surface area contributed by atoms with Crippen molar-refractivity contribution in [3.8, 4) is 0 Å². The molecule has 5 heteroatoms. The fourth-order valence-electron chi connectivity index (χ4n) is 1.52. The van der Waals surface area contributed by atoms with Gasteiger partial charge in [0.05, 0.1) is 6.61 Å². The van der Waals surface area contributed by atoms with Gasteiger partial charge in [0.25, 0.3) is 0 Å².